The topological polar surface area (TPSA) is 49.8 Å². The van der Waals surface area contributed by atoms with Crippen molar-refractivity contribution in [3.63, 3.8) is 0 Å². The van der Waals surface area contributed by atoms with E-state index in [1.807, 2.05) is 12.1 Å². The first kappa shape index (κ1) is 12.2. The second kappa shape index (κ2) is 5.38. The minimum atomic E-state index is -0.539. The van der Waals surface area contributed by atoms with E-state index in [4.69, 9.17) is 16.3 Å². The largest absolute Gasteiger partial charge is 0.490 e. The van der Waals surface area contributed by atoms with Gasteiger partial charge in [0.15, 0.2) is 0 Å². The molecule has 1 amide bonds. The molecule has 1 heterocycles. The lowest BCUT2D eigenvalue weighted by Crippen LogP contribution is -2.30. The summed E-state index contributed by atoms with van der Waals surface area (Å²) in [4.78, 5) is 13.0. The summed E-state index contributed by atoms with van der Waals surface area (Å²) >= 11 is 5.93. The number of rotatable bonds is 4. The first-order valence-corrected chi connectivity index (χ1v) is 5.88. The molecule has 1 unspecified atom stereocenters. The number of nitrogens with zero attached hydrogens (tertiary/aromatic N) is 1. The van der Waals surface area contributed by atoms with Crippen LogP contribution in [0.3, 0.4) is 0 Å². The summed E-state index contributed by atoms with van der Waals surface area (Å²) < 4.78 is 5.47. The van der Waals surface area contributed by atoms with E-state index >= 15 is 0 Å². The number of para-hydroxylation sites is 1. The van der Waals surface area contributed by atoms with Crippen molar-refractivity contribution >= 4 is 17.5 Å². The zero-order valence-electron chi connectivity index (χ0n) is 9.30. The zero-order valence-corrected chi connectivity index (χ0v) is 10.1. The number of carbonyl (C=O) groups excluding carboxylic acids is 1. The summed E-state index contributed by atoms with van der Waals surface area (Å²) in [6.07, 6.45) is -0.325. The Bertz CT molecular complexity index is 410. The number of carbonyl (C=O) groups is 1. The number of likely N-dealkylation sites (tertiary alicyclic amines) is 1. The molecule has 17 heavy (non-hydrogen) atoms. The van der Waals surface area contributed by atoms with Crippen LogP contribution in [0.15, 0.2) is 24.3 Å². The number of amides is 1. The Morgan fingerprint density at radius 1 is 1.47 bits per heavy atom. The number of hydrogen-bond donors (Lipinski definition) is 1. The standard InChI is InChI=1S/C12H14ClNO3/c13-10-3-1-2-4-11(10)17-6-5-14-8-9(15)7-12(14)16/h1-4,9,15H,5-8H2. The fourth-order valence-electron chi connectivity index (χ4n) is 1.80. The Kier molecular flexibility index (Phi) is 3.86. The Morgan fingerprint density at radius 2 is 2.24 bits per heavy atom. The maximum Gasteiger partial charge on any atom is 0.225 e. The second-order valence-corrected chi connectivity index (χ2v) is 4.38. The van der Waals surface area contributed by atoms with Gasteiger partial charge in [-0.15, -0.1) is 0 Å². The van der Waals surface area contributed by atoms with E-state index in [1.165, 1.54) is 0 Å². The third-order valence-electron chi connectivity index (χ3n) is 2.65. The quantitative estimate of drug-likeness (QED) is 0.883. The molecule has 0 bridgehead atoms. The third-order valence-corrected chi connectivity index (χ3v) is 2.96. The average molecular weight is 256 g/mol. The first-order chi connectivity index (χ1) is 8.16. The van der Waals surface area contributed by atoms with E-state index in [0.717, 1.165) is 0 Å². The van der Waals surface area contributed by atoms with Crippen molar-refractivity contribution < 1.29 is 14.6 Å². The van der Waals surface area contributed by atoms with Crippen LogP contribution in [0.5, 0.6) is 5.75 Å². The van der Waals surface area contributed by atoms with Gasteiger partial charge in [-0.25, -0.2) is 0 Å². The number of β-amino-alcohol motifs (C(OH)–C–C–N with tert-alkyl or cyclic N) is 1. The molecule has 5 heteroatoms. The van der Waals surface area contributed by atoms with Crippen LogP contribution >= 0.6 is 11.6 Å². The van der Waals surface area contributed by atoms with Gasteiger partial charge in [-0.05, 0) is 12.1 Å². The molecule has 1 N–H and O–H groups in total. The van der Waals surface area contributed by atoms with Crippen molar-refractivity contribution in [1.29, 1.82) is 0 Å². The van der Waals surface area contributed by atoms with Crippen molar-refractivity contribution in [1.82, 2.24) is 4.90 Å². The highest BCUT2D eigenvalue weighted by molar-refractivity contribution is 6.32. The number of ether oxygens (including phenoxy) is 1. The van der Waals surface area contributed by atoms with Crippen LogP contribution in [-0.4, -0.2) is 41.7 Å². The van der Waals surface area contributed by atoms with Crippen LogP contribution in [0.4, 0.5) is 0 Å². The molecule has 0 aliphatic carbocycles. The Labute approximate surface area is 105 Å². The van der Waals surface area contributed by atoms with Crippen LogP contribution in [0.2, 0.25) is 5.02 Å². The Morgan fingerprint density at radius 3 is 2.88 bits per heavy atom. The van der Waals surface area contributed by atoms with Crippen LogP contribution < -0.4 is 4.74 Å². The molecule has 2 rings (SSSR count). The first-order valence-electron chi connectivity index (χ1n) is 5.50. The summed E-state index contributed by atoms with van der Waals surface area (Å²) in [5.74, 6) is 0.585. The van der Waals surface area contributed by atoms with Crippen LogP contribution in [-0.2, 0) is 4.79 Å². The van der Waals surface area contributed by atoms with Crippen molar-refractivity contribution in [2.45, 2.75) is 12.5 Å². The van der Waals surface area contributed by atoms with E-state index in [2.05, 4.69) is 0 Å². The summed E-state index contributed by atoms with van der Waals surface area (Å²) in [5.41, 5.74) is 0. The fraction of sp³-hybridized carbons (Fsp3) is 0.417. The van der Waals surface area contributed by atoms with E-state index in [-0.39, 0.29) is 12.3 Å². The minimum absolute atomic E-state index is 0.0275. The summed E-state index contributed by atoms with van der Waals surface area (Å²) in [6, 6.07) is 7.20. The number of halogens is 1. The van der Waals surface area contributed by atoms with Gasteiger partial charge in [0, 0.05) is 6.54 Å². The lowest BCUT2D eigenvalue weighted by Gasteiger charge is -2.16. The molecule has 1 saturated heterocycles. The number of hydrogen-bond acceptors (Lipinski definition) is 3. The van der Waals surface area contributed by atoms with Gasteiger partial charge in [-0.2, -0.15) is 0 Å². The molecule has 1 fully saturated rings. The van der Waals surface area contributed by atoms with Gasteiger partial charge >= 0.3 is 0 Å². The van der Waals surface area contributed by atoms with E-state index in [9.17, 15) is 9.90 Å². The smallest absolute Gasteiger partial charge is 0.225 e. The summed E-state index contributed by atoms with van der Waals surface area (Å²) in [5, 5.41) is 9.86. The van der Waals surface area contributed by atoms with E-state index in [1.54, 1.807) is 17.0 Å². The van der Waals surface area contributed by atoms with Gasteiger partial charge in [0.05, 0.1) is 24.1 Å². The molecule has 1 aliphatic rings. The number of benzene rings is 1. The Hall–Kier alpha value is -1.26. The lowest BCUT2D eigenvalue weighted by atomic mass is 10.3. The number of aliphatic hydroxyl groups excluding tert-OH is 1. The molecule has 0 saturated carbocycles. The molecule has 92 valence electrons. The highest BCUT2D eigenvalue weighted by atomic mass is 35.5. The van der Waals surface area contributed by atoms with E-state index in [0.29, 0.717) is 30.5 Å². The van der Waals surface area contributed by atoms with Crippen LogP contribution in [0, 0.1) is 0 Å². The molecule has 1 aliphatic heterocycles. The lowest BCUT2D eigenvalue weighted by molar-refractivity contribution is -0.128. The highest BCUT2D eigenvalue weighted by Gasteiger charge is 2.27. The van der Waals surface area contributed by atoms with Crippen molar-refractivity contribution in [2.75, 3.05) is 19.7 Å². The number of aliphatic hydroxyl groups is 1. The monoisotopic (exact) mass is 255 g/mol. The highest BCUT2D eigenvalue weighted by Crippen LogP contribution is 2.23. The van der Waals surface area contributed by atoms with Gasteiger partial charge in [0.25, 0.3) is 0 Å². The van der Waals surface area contributed by atoms with Crippen LogP contribution in [0.1, 0.15) is 6.42 Å². The maximum absolute atomic E-state index is 11.4. The Balaban J connectivity index is 1.80. The van der Waals surface area contributed by atoms with Crippen molar-refractivity contribution in [3.05, 3.63) is 29.3 Å². The van der Waals surface area contributed by atoms with Crippen molar-refractivity contribution in [2.24, 2.45) is 0 Å². The van der Waals surface area contributed by atoms with Crippen molar-refractivity contribution in [3.8, 4) is 5.75 Å². The third kappa shape index (κ3) is 3.11. The molecule has 0 aromatic heterocycles. The SMILES string of the molecule is O=C1CC(O)CN1CCOc1ccccc1Cl. The van der Waals surface area contributed by atoms with Gasteiger partial charge in [0.2, 0.25) is 5.91 Å². The normalized spacial score (nSPS) is 19.8. The average Bonchev–Trinajstić information content (AvgIpc) is 2.60. The molecule has 0 radical (unpaired) electrons. The maximum atomic E-state index is 11.4. The fourth-order valence-corrected chi connectivity index (χ4v) is 1.99. The molecular formula is C12H14ClNO3. The molecule has 1 aromatic carbocycles. The molecule has 1 aromatic rings. The molecule has 1 atom stereocenters. The van der Waals surface area contributed by atoms with Gasteiger partial charge in [-0.3, -0.25) is 4.79 Å². The minimum Gasteiger partial charge on any atom is -0.490 e. The second-order valence-electron chi connectivity index (χ2n) is 3.98. The molecule has 4 nitrogen and oxygen atoms in total. The van der Waals surface area contributed by atoms with Crippen LogP contribution in [0.25, 0.3) is 0 Å². The summed E-state index contributed by atoms with van der Waals surface area (Å²) in [7, 11) is 0. The van der Waals surface area contributed by atoms with E-state index < -0.39 is 6.10 Å². The molecular weight excluding hydrogens is 242 g/mol. The predicted octanol–water partition coefficient (Wildman–Crippen LogP) is 1.31. The predicted molar refractivity (Wildman–Crippen MR) is 64.2 cm³/mol. The zero-order chi connectivity index (χ0) is 12.3. The summed E-state index contributed by atoms with van der Waals surface area (Å²) in [6.45, 7) is 1.24. The van der Waals surface area contributed by atoms with Gasteiger partial charge in [-0.1, -0.05) is 23.7 Å². The molecule has 0 spiro atoms. The van der Waals surface area contributed by atoms with Gasteiger partial charge < -0.3 is 14.7 Å². The van der Waals surface area contributed by atoms with Gasteiger partial charge in [0.1, 0.15) is 12.4 Å².